The van der Waals surface area contributed by atoms with Crippen LogP contribution in [0.5, 0.6) is 0 Å². The van der Waals surface area contributed by atoms with Crippen molar-refractivity contribution in [2.24, 2.45) is 4.99 Å². The van der Waals surface area contributed by atoms with Crippen LogP contribution in [0.4, 0.5) is 5.00 Å². The zero-order chi connectivity index (χ0) is 19.1. The Morgan fingerprint density at radius 2 is 2.07 bits per heavy atom. The molecule has 1 fully saturated rings. The van der Waals surface area contributed by atoms with Gasteiger partial charge in [0.05, 0.1) is 11.3 Å². The molecule has 0 spiro atoms. The molecule has 0 aliphatic carbocycles. The van der Waals surface area contributed by atoms with Gasteiger partial charge in [-0.25, -0.2) is 4.99 Å². The zero-order valence-electron chi connectivity index (χ0n) is 15.9. The van der Waals surface area contributed by atoms with Gasteiger partial charge in [0, 0.05) is 53.2 Å². The van der Waals surface area contributed by atoms with Crippen LogP contribution in [-0.2, 0) is 11.2 Å². The number of hydrogen-bond acceptors (Lipinski definition) is 5. The molecule has 0 saturated carbocycles. The third kappa shape index (κ3) is 5.50. The highest BCUT2D eigenvalue weighted by molar-refractivity contribution is 7.14. The molecular formula is C19H27N5O2S. The Balaban J connectivity index is 1.58. The summed E-state index contributed by atoms with van der Waals surface area (Å²) in [5.74, 6) is 1.73. The fraction of sp³-hybridized carbons (Fsp3) is 0.474. The fourth-order valence-corrected chi connectivity index (χ4v) is 3.68. The topological polar surface area (TPSA) is 64.3 Å². The first-order valence-corrected chi connectivity index (χ1v) is 10.1. The highest BCUT2D eigenvalue weighted by atomic mass is 32.1. The van der Waals surface area contributed by atoms with E-state index in [1.165, 1.54) is 5.00 Å². The molecule has 1 aliphatic heterocycles. The number of carbonyl (C=O) groups excluding carboxylic acids is 1. The number of aliphatic imine (C=N–C) groups is 1. The van der Waals surface area contributed by atoms with Gasteiger partial charge in [-0.05, 0) is 29.6 Å². The number of anilines is 1. The number of amides is 1. The summed E-state index contributed by atoms with van der Waals surface area (Å²) >= 11 is 1.77. The van der Waals surface area contributed by atoms with E-state index < -0.39 is 0 Å². The lowest BCUT2D eigenvalue weighted by Gasteiger charge is -2.37. The lowest BCUT2D eigenvalue weighted by molar-refractivity contribution is -0.127. The molecule has 0 aromatic carbocycles. The summed E-state index contributed by atoms with van der Waals surface area (Å²) in [6, 6.07) is 8.10. The van der Waals surface area contributed by atoms with E-state index in [-0.39, 0.29) is 12.5 Å². The fourth-order valence-electron chi connectivity index (χ4n) is 2.89. The minimum Gasteiger partial charge on any atom is -0.469 e. The molecule has 2 aromatic heterocycles. The molecule has 3 rings (SSSR count). The molecule has 0 atom stereocenters. The van der Waals surface area contributed by atoms with Crippen LogP contribution in [0.25, 0.3) is 0 Å². The van der Waals surface area contributed by atoms with Gasteiger partial charge in [0.25, 0.3) is 0 Å². The van der Waals surface area contributed by atoms with Crippen LogP contribution in [0.1, 0.15) is 5.76 Å². The van der Waals surface area contributed by atoms with Crippen molar-refractivity contribution in [1.82, 2.24) is 15.1 Å². The van der Waals surface area contributed by atoms with E-state index >= 15 is 0 Å². The molecule has 0 radical (unpaired) electrons. The monoisotopic (exact) mass is 389 g/mol. The Morgan fingerprint density at radius 3 is 2.70 bits per heavy atom. The summed E-state index contributed by atoms with van der Waals surface area (Å²) in [5.41, 5.74) is 0. The summed E-state index contributed by atoms with van der Waals surface area (Å²) in [5, 5.41) is 6.82. The number of hydrogen-bond donors (Lipinski definition) is 1. The molecule has 3 heterocycles. The minimum atomic E-state index is -0.00226. The summed E-state index contributed by atoms with van der Waals surface area (Å²) in [7, 11) is 3.50. The van der Waals surface area contributed by atoms with Gasteiger partial charge in [-0.2, -0.15) is 0 Å². The number of piperazine rings is 1. The Morgan fingerprint density at radius 1 is 1.26 bits per heavy atom. The van der Waals surface area contributed by atoms with Gasteiger partial charge < -0.3 is 24.4 Å². The summed E-state index contributed by atoms with van der Waals surface area (Å²) in [6.45, 7) is 4.51. The van der Waals surface area contributed by atoms with Crippen molar-refractivity contribution in [3.8, 4) is 0 Å². The molecule has 0 bridgehead atoms. The third-order valence-corrected chi connectivity index (χ3v) is 5.42. The van der Waals surface area contributed by atoms with Crippen molar-refractivity contribution < 1.29 is 9.21 Å². The third-order valence-electron chi connectivity index (χ3n) is 4.49. The van der Waals surface area contributed by atoms with Crippen molar-refractivity contribution >= 4 is 28.2 Å². The van der Waals surface area contributed by atoms with Crippen molar-refractivity contribution in [1.29, 1.82) is 0 Å². The second kappa shape index (κ2) is 9.45. The molecule has 1 aliphatic rings. The Kier molecular flexibility index (Phi) is 6.75. The predicted octanol–water partition coefficient (Wildman–Crippen LogP) is 1.74. The summed E-state index contributed by atoms with van der Waals surface area (Å²) < 4.78 is 5.39. The average molecular weight is 390 g/mol. The smallest absolute Gasteiger partial charge is 0.243 e. The number of carbonyl (C=O) groups is 1. The van der Waals surface area contributed by atoms with E-state index in [1.807, 2.05) is 12.1 Å². The van der Waals surface area contributed by atoms with E-state index in [9.17, 15) is 4.79 Å². The predicted molar refractivity (Wildman–Crippen MR) is 110 cm³/mol. The first-order chi connectivity index (χ1) is 13.1. The molecule has 7 nitrogen and oxygen atoms in total. The minimum absolute atomic E-state index is 0.00226. The Hall–Kier alpha value is -2.48. The molecule has 2 aromatic rings. The van der Waals surface area contributed by atoms with E-state index in [2.05, 4.69) is 37.6 Å². The standard InChI is InChI=1S/C19H27N5O2S/c1-22(2)17(25)15-21-19(20-8-7-16-5-3-13-26-16)24-11-9-23(10-12-24)18-6-4-14-27-18/h3-6,13-14H,7-12,15H2,1-2H3,(H,20,21). The van der Waals surface area contributed by atoms with E-state index in [0.717, 1.165) is 44.3 Å². The van der Waals surface area contributed by atoms with Crippen molar-refractivity contribution in [3.05, 3.63) is 41.7 Å². The van der Waals surface area contributed by atoms with E-state index in [0.29, 0.717) is 6.54 Å². The Labute approximate surface area is 164 Å². The summed E-state index contributed by atoms with van der Waals surface area (Å²) in [6.07, 6.45) is 2.46. The number of rotatable bonds is 6. The molecule has 0 unspecified atom stereocenters. The van der Waals surface area contributed by atoms with Gasteiger partial charge in [-0.15, -0.1) is 11.3 Å². The van der Waals surface area contributed by atoms with Crippen LogP contribution >= 0.6 is 11.3 Å². The number of likely N-dealkylation sites (N-methyl/N-ethyl adjacent to an activating group) is 1. The van der Waals surface area contributed by atoms with Crippen molar-refractivity contribution in [3.63, 3.8) is 0 Å². The molecule has 1 amide bonds. The van der Waals surface area contributed by atoms with Crippen molar-refractivity contribution in [2.75, 3.05) is 58.3 Å². The molecular weight excluding hydrogens is 362 g/mol. The van der Waals surface area contributed by atoms with Crippen LogP contribution < -0.4 is 10.2 Å². The number of nitrogens with zero attached hydrogens (tertiary/aromatic N) is 4. The van der Waals surface area contributed by atoms with Gasteiger partial charge in [0.15, 0.2) is 5.96 Å². The highest BCUT2D eigenvalue weighted by Crippen LogP contribution is 2.22. The van der Waals surface area contributed by atoms with Crippen LogP contribution in [-0.4, -0.2) is 75.0 Å². The molecule has 146 valence electrons. The maximum absolute atomic E-state index is 11.9. The van der Waals surface area contributed by atoms with E-state index in [1.54, 1.807) is 36.6 Å². The van der Waals surface area contributed by atoms with Gasteiger partial charge in [0.1, 0.15) is 12.3 Å². The number of furan rings is 1. The first kappa shape index (κ1) is 19.3. The van der Waals surface area contributed by atoms with Crippen molar-refractivity contribution in [2.45, 2.75) is 6.42 Å². The molecule has 27 heavy (non-hydrogen) atoms. The maximum atomic E-state index is 11.9. The quantitative estimate of drug-likeness (QED) is 0.602. The maximum Gasteiger partial charge on any atom is 0.243 e. The van der Waals surface area contributed by atoms with Crippen LogP contribution in [0.15, 0.2) is 45.3 Å². The summed E-state index contributed by atoms with van der Waals surface area (Å²) in [4.78, 5) is 22.7. The van der Waals surface area contributed by atoms with Crippen LogP contribution in [0.3, 0.4) is 0 Å². The normalized spacial score (nSPS) is 15.1. The lowest BCUT2D eigenvalue weighted by Crippen LogP contribution is -2.53. The number of thiophene rings is 1. The first-order valence-electron chi connectivity index (χ1n) is 9.18. The van der Waals surface area contributed by atoms with Crippen LogP contribution in [0, 0.1) is 0 Å². The van der Waals surface area contributed by atoms with E-state index in [4.69, 9.17) is 4.42 Å². The zero-order valence-corrected chi connectivity index (χ0v) is 16.7. The van der Waals surface area contributed by atoms with Gasteiger partial charge in [0.2, 0.25) is 5.91 Å². The SMILES string of the molecule is CN(C)C(=O)CN=C(NCCc1ccco1)N1CCN(c2cccs2)CC1. The van der Waals surface area contributed by atoms with Gasteiger partial charge in [-0.1, -0.05) is 0 Å². The second-order valence-corrected chi connectivity index (χ2v) is 7.54. The average Bonchev–Trinajstić information content (AvgIpc) is 3.38. The van der Waals surface area contributed by atoms with Gasteiger partial charge >= 0.3 is 0 Å². The molecule has 1 saturated heterocycles. The molecule has 1 N–H and O–H groups in total. The van der Waals surface area contributed by atoms with Crippen LogP contribution in [0.2, 0.25) is 0 Å². The molecule has 8 heteroatoms. The number of nitrogens with one attached hydrogen (secondary N) is 1. The second-order valence-electron chi connectivity index (χ2n) is 6.61. The number of guanidine groups is 1. The van der Waals surface area contributed by atoms with Gasteiger partial charge in [-0.3, -0.25) is 4.79 Å². The lowest BCUT2D eigenvalue weighted by atomic mass is 10.3. The Bertz CT molecular complexity index is 719. The largest absolute Gasteiger partial charge is 0.469 e. The highest BCUT2D eigenvalue weighted by Gasteiger charge is 2.21.